The summed E-state index contributed by atoms with van der Waals surface area (Å²) in [5.41, 5.74) is 7.08. The number of nitrogens with two attached hydrogens (primary N) is 1. The maximum Gasteiger partial charge on any atom is 0.573 e. The Kier molecular flexibility index (Phi) is 8.30. The average Bonchev–Trinajstić information content (AvgIpc) is 2.68. The molecule has 30 heavy (non-hydrogen) atoms. The van der Waals surface area contributed by atoms with Crippen molar-refractivity contribution in [3.8, 4) is 5.75 Å². The third kappa shape index (κ3) is 6.73. The standard InChI is InChI=1S/C20H21F4N3O2.HI/c21-15-3-1-14(2-4-15)19(9-11-28-12-10-19)13-26-18(25)27-16-5-7-17(8-6-16)29-20(22,23)24;/h1-8H,9-13H2,(H3,25,26,27);1H. The topological polar surface area (TPSA) is 68.9 Å². The smallest absolute Gasteiger partial charge is 0.406 e. The zero-order valence-corrected chi connectivity index (χ0v) is 18.2. The van der Waals surface area contributed by atoms with E-state index in [4.69, 9.17) is 10.5 Å². The molecule has 2 aromatic carbocycles. The molecule has 0 saturated carbocycles. The number of guanidine groups is 1. The monoisotopic (exact) mass is 539 g/mol. The summed E-state index contributed by atoms with van der Waals surface area (Å²) < 4.78 is 59.3. The first kappa shape index (κ1) is 24.2. The molecule has 0 atom stereocenters. The summed E-state index contributed by atoms with van der Waals surface area (Å²) in [5.74, 6) is -0.503. The number of benzene rings is 2. The van der Waals surface area contributed by atoms with Gasteiger partial charge >= 0.3 is 6.36 Å². The highest BCUT2D eigenvalue weighted by Crippen LogP contribution is 2.35. The van der Waals surface area contributed by atoms with Crippen molar-refractivity contribution in [2.45, 2.75) is 24.6 Å². The van der Waals surface area contributed by atoms with Gasteiger partial charge in [-0.2, -0.15) is 0 Å². The summed E-state index contributed by atoms with van der Waals surface area (Å²) in [5, 5.41) is 2.85. The van der Waals surface area contributed by atoms with Gasteiger partial charge in [-0.25, -0.2) is 4.39 Å². The Morgan fingerprint density at radius 1 is 1.07 bits per heavy atom. The highest BCUT2D eigenvalue weighted by molar-refractivity contribution is 14.0. The van der Waals surface area contributed by atoms with Gasteiger partial charge < -0.3 is 20.5 Å². The maximum absolute atomic E-state index is 13.3. The molecule has 164 valence electrons. The van der Waals surface area contributed by atoms with Crippen molar-refractivity contribution >= 4 is 35.6 Å². The van der Waals surface area contributed by atoms with E-state index in [1.54, 1.807) is 12.1 Å². The number of hydrogen-bond donors (Lipinski definition) is 2. The van der Waals surface area contributed by atoms with Crippen molar-refractivity contribution in [2.24, 2.45) is 10.7 Å². The molecule has 5 nitrogen and oxygen atoms in total. The number of nitrogens with zero attached hydrogens (tertiary/aromatic N) is 1. The van der Waals surface area contributed by atoms with Gasteiger partial charge in [-0.05, 0) is 54.8 Å². The van der Waals surface area contributed by atoms with Crippen molar-refractivity contribution in [3.05, 3.63) is 59.9 Å². The normalized spacial score (nSPS) is 16.5. The molecule has 1 heterocycles. The third-order valence-corrected chi connectivity index (χ3v) is 4.82. The molecule has 0 spiro atoms. The molecule has 1 saturated heterocycles. The predicted octanol–water partition coefficient (Wildman–Crippen LogP) is 4.82. The number of alkyl halides is 3. The SMILES string of the molecule is I.NC(=NCC1(c2ccc(F)cc2)CCOCC1)Nc1ccc(OC(F)(F)F)cc1. The fourth-order valence-corrected chi connectivity index (χ4v) is 3.27. The lowest BCUT2D eigenvalue weighted by Gasteiger charge is -2.36. The fourth-order valence-electron chi connectivity index (χ4n) is 3.27. The fraction of sp³-hybridized carbons (Fsp3) is 0.350. The first-order valence-corrected chi connectivity index (χ1v) is 9.02. The Labute approximate surface area is 188 Å². The van der Waals surface area contributed by atoms with Crippen LogP contribution in [0.3, 0.4) is 0 Å². The molecular formula is C20H22F4IN3O2. The Bertz CT molecular complexity index is 837. The van der Waals surface area contributed by atoms with Crippen molar-refractivity contribution in [2.75, 3.05) is 25.1 Å². The number of hydrogen-bond acceptors (Lipinski definition) is 3. The van der Waals surface area contributed by atoms with E-state index in [9.17, 15) is 17.6 Å². The van der Waals surface area contributed by atoms with Crippen molar-refractivity contribution in [3.63, 3.8) is 0 Å². The Balaban J connectivity index is 0.00000320. The van der Waals surface area contributed by atoms with Crippen molar-refractivity contribution in [1.29, 1.82) is 0 Å². The summed E-state index contributed by atoms with van der Waals surface area (Å²) >= 11 is 0. The summed E-state index contributed by atoms with van der Waals surface area (Å²) in [4.78, 5) is 4.42. The second kappa shape index (κ2) is 10.3. The molecule has 0 aliphatic carbocycles. The van der Waals surface area contributed by atoms with E-state index >= 15 is 0 Å². The van der Waals surface area contributed by atoms with Gasteiger partial charge in [0.25, 0.3) is 0 Å². The van der Waals surface area contributed by atoms with Gasteiger partial charge in [0.15, 0.2) is 5.96 Å². The summed E-state index contributed by atoms with van der Waals surface area (Å²) in [6.07, 6.45) is -3.30. The second-order valence-electron chi connectivity index (χ2n) is 6.80. The molecule has 0 bridgehead atoms. The number of halogens is 5. The third-order valence-electron chi connectivity index (χ3n) is 4.82. The van der Waals surface area contributed by atoms with Crippen LogP contribution in [0.5, 0.6) is 5.75 Å². The molecule has 1 aliphatic heterocycles. The lowest BCUT2D eigenvalue weighted by molar-refractivity contribution is -0.274. The quantitative estimate of drug-likeness (QED) is 0.248. The minimum atomic E-state index is -4.74. The van der Waals surface area contributed by atoms with E-state index < -0.39 is 6.36 Å². The van der Waals surface area contributed by atoms with E-state index in [2.05, 4.69) is 15.0 Å². The highest BCUT2D eigenvalue weighted by atomic mass is 127. The van der Waals surface area contributed by atoms with Crippen LogP contribution in [0.4, 0.5) is 23.2 Å². The lowest BCUT2D eigenvalue weighted by atomic mass is 9.74. The Morgan fingerprint density at radius 2 is 1.67 bits per heavy atom. The minimum Gasteiger partial charge on any atom is -0.406 e. The molecule has 0 radical (unpaired) electrons. The van der Waals surface area contributed by atoms with Crippen LogP contribution in [0, 0.1) is 5.82 Å². The maximum atomic E-state index is 13.3. The summed E-state index contributed by atoms with van der Waals surface area (Å²) in [6, 6.07) is 11.5. The first-order valence-electron chi connectivity index (χ1n) is 9.02. The van der Waals surface area contributed by atoms with Crippen LogP contribution in [-0.4, -0.2) is 32.1 Å². The van der Waals surface area contributed by atoms with Gasteiger partial charge in [-0.3, -0.25) is 4.99 Å². The van der Waals surface area contributed by atoms with Gasteiger partial charge in [-0.15, -0.1) is 37.1 Å². The van der Waals surface area contributed by atoms with Crippen LogP contribution >= 0.6 is 24.0 Å². The van der Waals surface area contributed by atoms with Gasteiger partial charge in [-0.1, -0.05) is 12.1 Å². The molecule has 0 unspecified atom stereocenters. The van der Waals surface area contributed by atoms with Gasteiger partial charge in [0.2, 0.25) is 0 Å². The number of rotatable bonds is 5. The van der Waals surface area contributed by atoms with Crippen LogP contribution in [0.2, 0.25) is 0 Å². The molecule has 1 aliphatic rings. The van der Waals surface area contributed by atoms with Crippen LogP contribution in [0.1, 0.15) is 18.4 Å². The largest absolute Gasteiger partial charge is 0.573 e. The predicted molar refractivity (Wildman–Crippen MR) is 117 cm³/mol. The molecule has 0 aromatic heterocycles. The first-order chi connectivity index (χ1) is 13.8. The Morgan fingerprint density at radius 3 is 2.23 bits per heavy atom. The Hall–Kier alpha value is -2.08. The van der Waals surface area contributed by atoms with Gasteiger partial charge in [0.05, 0.1) is 6.54 Å². The molecule has 1 fully saturated rings. The van der Waals surface area contributed by atoms with Crippen LogP contribution in [0.15, 0.2) is 53.5 Å². The molecular weight excluding hydrogens is 517 g/mol. The van der Waals surface area contributed by atoms with E-state index in [1.165, 1.54) is 36.4 Å². The van der Waals surface area contributed by atoms with Crippen LogP contribution < -0.4 is 15.8 Å². The zero-order valence-electron chi connectivity index (χ0n) is 15.9. The summed E-state index contributed by atoms with van der Waals surface area (Å²) in [7, 11) is 0. The minimum absolute atomic E-state index is 0. The zero-order chi connectivity index (χ0) is 20.9. The number of anilines is 1. The molecule has 10 heteroatoms. The van der Waals surface area contributed by atoms with Gasteiger partial charge in [0, 0.05) is 24.3 Å². The van der Waals surface area contributed by atoms with Crippen LogP contribution in [-0.2, 0) is 10.2 Å². The van der Waals surface area contributed by atoms with E-state index in [0.717, 1.165) is 18.4 Å². The van der Waals surface area contributed by atoms with Gasteiger partial charge in [0.1, 0.15) is 11.6 Å². The highest BCUT2D eigenvalue weighted by Gasteiger charge is 2.34. The molecule has 3 rings (SSSR count). The average molecular weight is 539 g/mol. The number of nitrogens with one attached hydrogen (secondary N) is 1. The molecule has 3 N–H and O–H groups in total. The van der Waals surface area contributed by atoms with Crippen molar-refractivity contribution < 1.29 is 27.0 Å². The molecule has 2 aromatic rings. The van der Waals surface area contributed by atoms with E-state index in [0.29, 0.717) is 25.4 Å². The second-order valence-corrected chi connectivity index (χ2v) is 6.80. The lowest BCUT2D eigenvalue weighted by Crippen LogP contribution is -2.38. The number of aliphatic imine (C=N–C) groups is 1. The van der Waals surface area contributed by atoms with E-state index in [1.807, 2.05) is 0 Å². The summed E-state index contributed by atoms with van der Waals surface area (Å²) in [6.45, 7) is 1.51. The van der Waals surface area contributed by atoms with Crippen LogP contribution in [0.25, 0.3) is 0 Å². The number of ether oxygens (including phenoxy) is 2. The van der Waals surface area contributed by atoms with Crippen molar-refractivity contribution in [1.82, 2.24) is 0 Å². The molecule has 0 amide bonds. The van der Waals surface area contributed by atoms with E-state index in [-0.39, 0.29) is 46.9 Å².